The summed E-state index contributed by atoms with van der Waals surface area (Å²) in [4.78, 5) is 0. The molecule has 0 aromatic rings. The maximum absolute atomic E-state index is 4.77. The number of thiol groups is 1. The summed E-state index contributed by atoms with van der Waals surface area (Å²) in [7, 11) is 1.50. The lowest BCUT2D eigenvalue weighted by Gasteiger charge is -2.46. The molecule has 1 nitrogen and oxygen atoms in total. The lowest BCUT2D eigenvalue weighted by atomic mass is 9.64. The van der Waals surface area contributed by atoms with Crippen molar-refractivity contribution in [2.75, 3.05) is 7.05 Å². The van der Waals surface area contributed by atoms with E-state index in [2.05, 4.69) is 68.0 Å². The lowest BCUT2D eigenvalue weighted by molar-refractivity contribution is 0.106. The van der Waals surface area contributed by atoms with E-state index in [-0.39, 0.29) is 4.75 Å². The van der Waals surface area contributed by atoms with E-state index in [9.17, 15) is 0 Å². The van der Waals surface area contributed by atoms with E-state index in [1.807, 2.05) is 13.8 Å². The van der Waals surface area contributed by atoms with Crippen molar-refractivity contribution < 1.29 is 0 Å². The fourth-order valence-electron chi connectivity index (χ4n) is 2.48. The molecule has 0 aromatic carbocycles. The summed E-state index contributed by atoms with van der Waals surface area (Å²) in [6, 6.07) is 0. The quantitative estimate of drug-likeness (QED) is 0.478. The third-order valence-electron chi connectivity index (χ3n) is 4.61. The van der Waals surface area contributed by atoms with Gasteiger partial charge >= 0.3 is 0 Å². The number of hydrogen-bond acceptors (Lipinski definition) is 2. The Labute approximate surface area is 162 Å². The van der Waals surface area contributed by atoms with Crippen molar-refractivity contribution in [3.63, 3.8) is 0 Å². The zero-order valence-electron chi connectivity index (χ0n) is 19.4. The van der Waals surface area contributed by atoms with Crippen LogP contribution >= 0.6 is 12.6 Å². The average molecular weight is 364 g/mol. The van der Waals surface area contributed by atoms with E-state index in [4.69, 9.17) is 12.6 Å². The van der Waals surface area contributed by atoms with Crippen molar-refractivity contribution in [2.45, 2.75) is 119 Å². The fraction of sp³-hybridized carbons (Fsp3) is 1.00. The highest BCUT2D eigenvalue weighted by atomic mass is 32.1. The summed E-state index contributed by atoms with van der Waals surface area (Å²) >= 11 is 4.77. The van der Waals surface area contributed by atoms with Gasteiger partial charge in [0.15, 0.2) is 0 Å². The fourth-order valence-corrected chi connectivity index (χ4v) is 2.66. The Morgan fingerprint density at radius 2 is 1.04 bits per heavy atom. The Kier molecular flexibility index (Phi) is 26.2. The van der Waals surface area contributed by atoms with Crippen molar-refractivity contribution in [3.05, 3.63) is 0 Å². The molecule has 1 aliphatic rings. The zero-order valence-corrected chi connectivity index (χ0v) is 20.3. The maximum Gasteiger partial charge on any atom is 0.0127 e. The molecule has 0 amide bonds. The second-order valence-electron chi connectivity index (χ2n) is 7.65. The molecule has 0 heterocycles. The van der Waals surface area contributed by atoms with Gasteiger partial charge in [0.1, 0.15) is 0 Å². The summed E-state index contributed by atoms with van der Waals surface area (Å²) in [5, 5.41) is 0. The van der Waals surface area contributed by atoms with Crippen molar-refractivity contribution in [1.82, 2.24) is 0 Å². The van der Waals surface area contributed by atoms with Gasteiger partial charge < -0.3 is 5.73 Å². The number of hydrogen-bond donors (Lipinski definition) is 2. The van der Waals surface area contributed by atoms with Crippen molar-refractivity contribution in [3.8, 4) is 0 Å². The molecule has 24 heavy (non-hydrogen) atoms. The topological polar surface area (TPSA) is 26.0 Å². The van der Waals surface area contributed by atoms with Crippen LogP contribution in [0.3, 0.4) is 0 Å². The van der Waals surface area contributed by atoms with Gasteiger partial charge in [0.25, 0.3) is 0 Å². The van der Waals surface area contributed by atoms with Gasteiger partial charge in [0, 0.05) is 4.75 Å². The van der Waals surface area contributed by atoms with E-state index in [1.165, 1.54) is 45.6 Å². The van der Waals surface area contributed by atoms with E-state index in [0.29, 0.717) is 5.41 Å². The molecule has 0 saturated heterocycles. The van der Waals surface area contributed by atoms with E-state index in [1.54, 1.807) is 0 Å². The molecule has 0 atom stereocenters. The predicted molar refractivity (Wildman–Crippen MR) is 121 cm³/mol. The molecule has 1 rings (SSSR count). The first-order valence-corrected chi connectivity index (χ1v) is 10.8. The monoisotopic (exact) mass is 363 g/mol. The second kappa shape index (κ2) is 19.6. The normalized spacial score (nSPS) is 19.8. The molecule has 0 radical (unpaired) electrons. The highest BCUT2D eigenvalue weighted by molar-refractivity contribution is 7.81. The number of rotatable bonds is 2. The van der Waals surface area contributed by atoms with Crippen molar-refractivity contribution in [1.29, 1.82) is 0 Å². The summed E-state index contributed by atoms with van der Waals surface area (Å²) < 4.78 is 0.137. The van der Waals surface area contributed by atoms with Crippen LogP contribution < -0.4 is 5.73 Å². The van der Waals surface area contributed by atoms with Gasteiger partial charge in [-0.15, -0.1) is 0 Å². The van der Waals surface area contributed by atoms with Crippen molar-refractivity contribution in [2.24, 2.45) is 23.0 Å². The Morgan fingerprint density at radius 3 is 1.25 bits per heavy atom. The maximum atomic E-state index is 4.77. The van der Waals surface area contributed by atoms with E-state index in [0.717, 1.165) is 11.8 Å². The summed E-state index contributed by atoms with van der Waals surface area (Å²) in [5.74, 6) is 1.82. The Bertz CT molecular complexity index is 209. The van der Waals surface area contributed by atoms with Gasteiger partial charge in [-0.2, -0.15) is 12.6 Å². The SMILES string of the molecule is CC.CC1CCC(C(C)(C)C(C)(C)S)CC1.CCC.CCC.CN. The molecule has 1 saturated carbocycles. The van der Waals surface area contributed by atoms with Gasteiger partial charge in [0.05, 0.1) is 0 Å². The molecule has 1 aliphatic carbocycles. The highest BCUT2D eigenvalue weighted by Crippen LogP contribution is 2.48. The molecule has 1 fully saturated rings. The molecular formula is C22H53NS. The van der Waals surface area contributed by atoms with Crippen LogP contribution in [-0.2, 0) is 0 Å². The molecule has 0 bridgehead atoms. The summed E-state index contributed by atoms with van der Waals surface area (Å²) in [6.45, 7) is 24.2. The van der Waals surface area contributed by atoms with Crippen LogP contribution in [0.25, 0.3) is 0 Å². The van der Waals surface area contributed by atoms with Crippen LogP contribution in [0.5, 0.6) is 0 Å². The smallest absolute Gasteiger partial charge is 0.0127 e. The molecule has 0 spiro atoms. The van der Waals surface area contributed by atoms with Crippen molar-refractivity contribution >= 4 is 12.6 Å². The predicted octanol–water partition coefficient (Wildman–Crippen LogP) is 7.98. The van der Waals surface area contributed by atoms with Gasteiger partial charge in [-0.1, -0.05) is 102 Å². The average Bonchev–Trinajstić information content (AvgIpc) is 2.52. The molecule has 2 heteroatoms. The molecule has 0 aliphatic heterocycles. The van der Waals surface area contributed by atoms with Crippen LogP contribution in [0.2, 0.25) is 0 Å². The van der Waals surface area contributed by atoms with E-state index >= 15 is 0 Å². The Morgan fingerprint density at radius 1 is 0.792 bits per heavy atom. The molecule has 0 unspecified atom stereocenters. The minimum absolute atomic E-state index is 0.137. The zero-order chi connectivity index (χ0) is 20.4. The van der Waals surface area contributed by atoms with Crippen LogP contribution in [0.1, 0.15) is 115 Å². The first-order chi connectivity index (χ1) is 11.1. The lowest BCUT2D eigenvalue weighted by Crippen LogP contribution is -2.41. The third-order valence-corrected chi connectivity index (χ3v) is 5.19. The van der Waals surface area contributed by atoms with Gasteiger partial charge in [0.2, 0.25) is 0 Å². The van der Waals surface area contributed by atoms with Crippen LogP contribution in [0.15, 0.2) is 0 Å². The standard InChI is InChI=1S/C13H26S.2C3H8.C2H6.CH5N/c1-10-6-8-11(9-7-10)12(2,3)13(4,5)14;2*1-3-2;2*1-2/h10-11,14H,6-9H2,1-5H3;2*3H2,1-2H3;1-2H3;2H2,1H3. The minimum Gasteiger partial charge on any atom is -0.333 e. The Balaban J connectivity index is -0.000000168. The van der Waals surface area contributed by atoms with Crippen LogP contribution in [0.4, 0.5) is 0 Å². The molecule has 2 N–H and O–H groups in total. The van der Waals surface area contributed by atoms with Crippen LogP contribution in [-0.4, -0.2) is 11.8 Å². The third kappa shape index (κ3) is 15.8. The summed E-state index contributed by atoms with van der Waals surface area (Å²) in [5.41, 5.74) is 4.86. The van der Waals surface area contributed by atoms with Gasteiger partial charge in [-0.05, 0) is 37.1 Å². The summed E-state index contributed by atoms with van der Waals surface area (Å²) in [6.07, 6.45) is 8.13. The molecule has 152 valence electrons. The van der Waals surface area contributed by atoms with Crippen LogP contribution in [0, 0.1) is 17.3 Å². The first kappa shape index (κ1) is 32.0. The highest BCUT2D eigenvalue weighted by Gasteiger charge is 2.41. The van der Waals surface area contributed by atoms with E-state index < -0.39 is 0 Å². The molecule has 0 aromatic heterocycles. The number of nitrogens with two attached hydrogens (primary N) is 1. The Hall–Kier alpha value is 0.310. The second-order valence-corrected chi connectivity index (χ2v) is 8.77. The largest absolute Gasteiger partial charge is 0.333 e. The van der Waals surface area contributed by atoms with Gasteiger partial charge in [-0.3, -0.25) is 0 Å². The molecular weight excluding hydrogens is 310 g/mol. The first-order valence-electron chi connectivity index (χ1n) is 10.4. The minimum atomic E-state index is 0.137. The van der Waals surface area contributed by atoms with Gasteiger partial charge in [-0.25, -0.2) is 0 Å².